The molecule has 76 valence electrons. The SMILES string of the molecule is CCC(=O)ON(NC)OC(=O)CC. The Kier molecular flexibility index (Phi) is 5.82. The average Bonchev–Trinajstić information content (AvgIpc) is 2.16. The molecule has 0 aliphatic rings. The van der Waals surface area contributed by atoms with Crippen LogP contribution in [-0.2, 0) is 19.3 Å². The molecule has 0 fully saturated rings. The summed E-state index contributed by atoms with van der Waals surface area (Å²) in [6.45, 7) is 3.27. The van der Waals surface area contributed by atoms with Gasteiger partial charge >= 0.3 is 11.9 Å². The minimum Gasteiger partial charge on any atom is -0.319 e. The second-order valence-electron chi connectivity index (χ2n) is 2.11. The van der Waals surface area contributed by atoms with Gasteiger partial charge in [0.05, 0.1) is 0 Å². The number of hydrogen-bond acceptors (Lipinski definition) is 6. The smallest absolute Gasteiger partial charge is 0.319 e. The molecule has 0 aromatic heterocycles. The Morgan fingerprint density at radius 3 is 1.77 bits per heavy atom. The fourth-order valence-electron chi connectivity index (χ4n) is 0.424. The summed E-state index contributed by atoms with van der Waals surface area (Å²) in [6, 6.07) is 0. The summed E-state index contributed by atoms with van der Waals surface area (Å²) in [5.41, 5.74) is 2.38. The third kappa shape index (κ3) is 5.15. The Labute approximate surface area is 76.7 Å². The van der Waals surface area contributed by atoms with Crippen molar-refractivity contribution in [1.82, 2.24) is 10.8 Å². The normalized spacial score (nSPS) is 9.85. The van der Waals surface area contributed by atoms with E-state index in [0.29, 0.717) is 5.34 Å². The van der Waals surface area contributed by atoms with Gasteiger partial charge in [-0.25, -0.2) is 0 Å². The first-order valence-electron chi connectivity index (χ1n) is 4.03. The van der Waals surface area contributed by atoms with Crippen molar-refractivity contribution >= 4 is 11.9 Å². The molecule has 0 aliphatic heterocycles. The van der Waals surface area contributed by atoms with Crippen LogP contribution in [0, 0.1) is 0 Å². The fourth-order valence-corrected chi connectivity index (χ4v) is 0.424. The molecule has 0 aliphatic carbocycles. The van der Waals surface area contributed by atoms with E-state index in [1.807, 2.05) is 0 Å². The minimum atomic E-state index is -0.488. The van der Waals surface area contributed by atoms with Crippen molar-refractivity contribution in [2.45, 2.75) is 26.7 Å². The van der Waals surface area contributed by atoms with Crippen LogP contribution in [0.15, 0.2) is 0 Å². The van der Waals surface area contributed by atoms with Crippen LogP contribution < -0.4 is 5.43 Å². The minimum absolute atomic E-state index is 0.210. The Hall–Kier alpha value is -1.14. The van der Waals surface area contributed by atoms with Gasteiger partial charge < -0.3 is 9.68 Å². The van der Waals surface area contributed by atoms with Gasteiger partial charge in [-0.2, -0.15) is 5.43 Å². The summed E-state index contributed by atoms with van der Waals surface area (Å²) in [4.78, 5) is 30.6. The van der Waals surface area contributed by atoms with Crippen molar-refractivity contribution in [3.63, 3.8) is 0 Å². The Morgan fingerprint density at radius 1 is 1.15 bits per heavy atom. The highest BCUT2D eigenvalue weighted by molar-refractivity contribution is 5.69. The standard InChI is InChI=1S/C7H14N2O4/c1-4-6(10)12-9(8-3)13-7(11)5-2/h8H,4-5H2,1-3H3. The molecule has 0 unspecified atom stereocenters. The highest BCUT2D eigenvalue weighted by Gasteiger charge is 2.12. The molecule has 13 heavy (non-hydrogen) atoms. The quantitative estimate of drug-likeness (QED) is 0.623. The van der Waals surface area contributed by atoms with E-state index in [2.05, 4.69) is 15.1 Å². The Bertz CT molecular complexity index is 165. The molecule has 6 nitrogen and oxygen atoms in total. The second kappa shape index (κ2) is 6.38. The molecule has 1 N–H and O–H groups in total. The fraction of sp³-hybridized carbons (Fsp3) is 0.714. The summed E-state index contributed by atoms with van der Waals surface area (Å²) in [6.07, 6.45) is 0.420. The van der Waals surface area contributed by atoms with Gasteiger partial charge in [-0.05, 0) is 0 Å². The van der Waals surface area contributed by atoms with Crippen LogP contribution >= 0.6 is 0 Å². The number of rotatable bonds is 5. The van der Waals surface area contributed by atoms with E-state index < -0.39 is 11.9 Å². The lowest BCUT2D eigenvalue weighted by atomic mass is 10.5. The molecule has 0 rings (SSSR count). The zero-order chi connectivity index (χ0) is 10.3. The molecular weight excluding hydrogens is 176 g/mol. The molecule has 0 heterocycles. The van der Waals surface area contributed by atoms with Crippen molar-refractivity contribution in [1.29, 1.82) is 0 Å². The number of carbonyl (C=O) groups excluding carboxylic acids is 2. The van der Waals surface area contributed by atoms with E-state index in [9.17, 15) is 9.59 Å². The molecule has 0 aromatic carbocycles. The second-order valence-corrected chi connectivity index (χ2v) is 2.11. The van der Waals surface area contributed by atoms with Crippen LogP contribution in [-0.4, -0.2) is 24.3 Å². The van der Waals surface area contributed by atoms with E-state index in [1.54, 1.807) is 13.8 Å². The van der Waals surface area contributed by atoms with Crippen LogP contribution in [0.25, 0.3) is 0 Å². The van der Waals surface area contributed by atoms with Crippen LogP contribution in [0.2, 0.25) is 0 Å². The van der Waals surface area contributed by atoms with E-state index in [0.717, 1.165) is 0 Å². The number of hydrogen-bond donors (Lipinski definition) is 1. The zero-order valence-electron chi connectivity index (χ0n) is 7.99. The van der Waals surface area contributed by atoms with Crippen molar-refractivity contribution in [3.8, 4) is 0 Å². The average molecular weight is 190 g/mol. The third-order valence-electron chi connectivity index (χ3n) is 1.13. The molecule has 6 heteroatoms. The van der Waals surface area contributed by atoms with Gasteiger partial charge in [0.25, 0.3) is 0 Å². The highest BCUT2D eigenvalue weighted by Crippen LogP contribution is 1.93. The van der Waals surface area contributed by atoms with Crippen molar-refractivity contribution in [2.24, 2.45) is 0 Å². The molecule has 0 aromatic rings. The number of carbonyl (C=O) groups is 2. The number of nitrogens with one attached hydrogen (secondary N) is 1. The van der Waals surface area contributed by atoms with Gasteiger partial charge in [-0.15, -0.1) is 0 Å². The molecule has 0 atom stereocenters. The van der Waals surface area contributed by atoms with E-state index in [-0.39, 0.29) is 12.8 Å². The summed E-state index contributed by atoms with van der Waals surface area (Å²) >= 11 is 0. The number of nitrogens with zero attached hydrogens (tertiary/aromatic N) is 1. The van der Waals surface area contributed by atoms with Crippen LogP contribution in [0.4, 0.5) is 0 Å². The Balaban J connectivity index is 3.89. The van der Waals surface area contributed by atoms with Gasteiger partial charge in [0, 0.05) is 19.9 Å². The molecule has 0 spiro atoms. The van der Waals surface area contributed by atoms with Crippen molar-refractivity contribution in [2.75, 3.05) is 7.05 Å². The van der Waals surface area contributed by atoms with Crippen LogP contribution in [0.5, 0.6) is 0 Å². The molecule has 0 saturated carbocycles. The zero-order valence-corrected chi connectivity index (χ0v) is 7.99. The maximum absolute atomic E-state index is 10.8. The Morgan fingerprint density at radius 2 is 1.54 bits per heavy atom. The predicted molar refractivity (Wildman–Crippen MR) is 43.7 cm³/mol. The summed E-state index contributed by atoms with van der Waals surface area (Å²) < 4.78 is 0. The van der Waals surface area contributed by atoms with Crippen molar-refractivity contribution < 1.29 is 19.3 Å². The van der Waals surface area contributed by atoms with Crippen LogP contribution in [0.1, 0.15) is 26.7 Å². The largest absolute Gasteiger partial charge is 0.330 e. The first kappa shape index (κ1) is 11.9. The van der Waals surface area contributed by atoms with E-state index in [1.165, 1.54) is 7.05 Å². The summed E-state index contributed by atoms with van der Waals surface area (Å²) in [5, 5.41) is 0.637. The lowest BCUT2D eigenvalue weighted by Gasteiger charge is -2.16. The lowest BCUT2D eigenvalue weighted by molar-refractivity contribution is -0.349. The van der Waals surface area contributed by atoms with Gasteiger partial charge in [0.15, 0.2) is 0 Å². The monoisotopic (exact) mass is 190 g/mol. The first-order chi connectivity index (χ1) is 6.13. The van der Waals surface area contributed by atoms with E-state index in [4.69, 9.17) is 0 Å². The molecule has 0 radical (unpaired) electrons. The third-order valence-corrected chi connectivity index (χ3v) is 1.13. The maximum atomic E-state index is 10.8. The van der Waals surface area contributed by atoms with Crippen molar-refractivity contribution in [3.05, 3.63) is 0 Å². The maximum Gasteiger partial charge on any atom is 0.330 e. The predicted octanol–water partition coefficient (Wildman–Crippen LogP) is 0.159. The number of hydrazine groups is 1. The highest BCUT2D eigenvalue weighted by atomic mass is 17.0. The van der Waals surface area contributed by atoms with E-state index >= 15 is 0 Å². The summed E-state index contributed by atoms with van der Waals surface area (Å²) in [5.74, 6) is -0.975. The van der Waals surface area contributed by atoms with Gasteiger partial charge in [-0.1, -0.05) is 13.8 Å². The van der Waals surface area contributed by atoms with Gasteiger partial charge in [0.2, 0.25) is 0 Å². The van der Waals surface area contributed by atoms with Crippen LogP contribution in [0.3, 0.4) is 0 Å². The molecular formula is C7H14N2O4. The molecule has 0 amide bonds. The first-order valence-corrected chi connectivity index (χ1v) is 4.03. The molecule has 0 bridgehead atoms. The van der Waals surface area contributed by atoms with Gasteiger partial charge in [0.1, 0.15) is 5.34 Å². The van der Waals surface area contributed by atoms with Gasteiger partial charge in [-0.3, -0.25) is 9.59 Å². The molecule has 0 saturated heterocycles. The lowest BCUT2D eigenvalue weighted by Crippen LogP contribution is -2.38. The summed E-state index contributed by atoms with van der Waals surface area (Å²) in [7, 11) is 1.46. The topological polar surface area (TPSA) is 67.9 Å².